The van der Waals surface area contributed by atoms with Gasteiger partial charge in [0.15, 0.2) is 0 Å². The van der Waals surface area contributed by atoms with Crippen molar-refractivity contribution in [3.8, 4) is 0 Å². The molecule has 1 rings (SSSR count). The fraction of sp³-hybridized carbons (Fsp3) is 0.923. The molecule has 3 heteroatoms. The lowest BCUT2D eigenvalue weighted by Gasteiger charge is -2.32. The molecule has 1 unspecified atom stereocenters. The maximum atomic E-state index is 11.5. The fourth-order valence-corrected chi connectivity index (χ4v) is 2.19. The number of rotatable bonds is 5. The number of carbonyl (C=O) groups excluding carboxylic acids is 1. The van der Waals surface area contributed by atoms with Crippen LogP contribution in [0.4, 0.5) is 0 Å². The first-order chi connectivity index (χ1) is 7.59. The number of piperidine rings is 1. The summed E-state index contributed by atoms with van der Waals surface area (Å²) in [6.07, 6.45) is 4.63. The molecule has 1 heterocycles. The smallest absolute Gasteiger partial charge is 0.220 e. The molecule has 1 N–H and O–H groups in total. The SMILES string of the molecule is CC(C)CC(=O)NCC(C)N1CCCCC1. The number of amides is 1. The van der Waals surface area contributed by atoms with Crippen LogP contribution in [-0.4, -0.2) is 36.5 Å². The van der Waals surface area contributed by atoms with Crippen molar-refractivity contribution in [1.29, 1.82) is 0 Å². The van der Waals surface area contributed by atoms with E-state index < -0.39 is 0 Å². The third-order valence-electron chi connectivity index (χ3n) is 3.20. The van der Waals surface area contributed by atoms with Crippen molar-refractivity contribution >= 4 is 5.91 Å². The molecule has 3 nitrogen and oxygen atoms in total. The molecule has 0 aromatic rings. The number of hydrogen-bond acceptors (Lipinski definition) is 2. The lowest BCUT2D eigenvalue weighted by atomic mass is 10.1. The second-order valence-electron chi connectivity index (χ2n) is 5.35. The summed E-state index contributed by atoms with van der Waals surface area (Å²) in [6.45, 7) is 9.55. The van der Waals surface area contributed by atoms with Gasteiger partial charge in [0.2, 0.25) is 5.91 Å². The van der Waals surface area contributed by atoms with Crippen LogP contribution in [0.25, 0.3) is 0 Å². The average molecular weight is 226 g/mol. The Morgan fingerprint density at radius 3 is 2.38 bits per heavy atom. The summed E-state index contributed by atoms with van der Waals surface area (Å²) in [5, 5.41) is 3.03. The van der Waals surface area contributed by atoms with Gasteiger partial charge in [0.25, 0.3) is 0 Å². The molecule has 0 aromatic heterocycles. The van der Waals surface area contributed by atoms with Crippen molar-refractivity contribution in [2.24, 2.45) is 5.92 Å². The van der Waals surface area contributed by atoms with Gasteiger partial charge in [0.1, 0.15) is 0 Å². The second-order valence-corrected chi connectivity index (χ2v) is 5.35. The van der Waals surface area contributed by atoms with Crippen molar-refractivity contribution in [2.45, 2.75) is 52.5 Å². The topological polar surface area (TPSA) is 32.3 Å². The van der Waals surface area contributed by atoms with E-state index in [9.17, 15) is 4.79 Å². The van der Waals surface area contributed by atoms with Crippen molar-refractivity contribution < 1.29 is 4.79 Å². The highest BCUT2D eigenvalue weighted by molar-refractivity contribution is 5.76. The van der Waals surface area contributed by atoms with Crippen LogP contribution in [0.3, 0.4) is 0 Å². The van der Waals surface area contributed by atoms with Gasteiger partial charge in [-0.3, -0.25) is 9.69 Å². The number of carbonyl (C=O) groups is 1. The normalized spacial score (nSPS) is 19.8. The predicted octanol–water partition coefficient (Wildman–Crippen LogP) is 2.02. The van der Waals surface area contributed by atoms with Gasteiger partial charge in [-0.25, -0.2) is 0 Å². The Morgan fingerprint density at radius 2 is 1.81 bits per heavy atom. The number of likely N-dealkylation sites (tertiary alicyclic amines) is 1. The standard InChI is InChI=1S/C13H26N2O/c1-11(2)9-13(16)14-10-12(3)15-7-5-4-6-8-15/h11-12H,4-10H2,1-3H3,(H,14,16). The zero-order valence-electron chi connectivity index (χ0n) is 11.0. The highest BCUT2D eigenvalue weighted by atomic mass is 16.1. The molecular formula is C13H26N2O. The first-order valence-corrected chi connectivity index (χ1v) is 6.60. The Balaban J connectivity index is 2.18. The molecular weight excluding hydrogens is 200 g/mol. The first kappa shape index (κ1) is 13.5. The van der Waals surface area contributed by atoms with E-state index in [2.05, 4.69) is 31.0 Å². The van der Waals surface area contributed by atoms with Crippen LogP contribution in [0.5, 0.6) is 0 Å². The van der Waals surface area contributed by atoms with Gasteiger partial charge in [-0.2, -0.15) is 0 Å². The second kappa shape index (κ2) is 6.89. The van der Waals surface area contributed by atoms with Gasteiger partial charge in [-0.05, 0) is 38.8 Å². The van der Waals surface area contributed by atoms with E-state index >= 15 is 0 Å². The molecule has 1 fully saturated rings. The molecule has 94 valence electrons. The summed E-state index contributed by atoms with van der Waals surface area (Å²) in [5.41, 5.74) is 0. The molecule has 0 saturated carbocycles. The summed E-state index contributed by atoms with van der Waals surface area (Å²) in [4.78, 5) is 14.0. The number of nitrogens with one attached hydrogen (secondary N) is 1. The summed E-state index contributed by atoms with van der Waals surface area (Å²) in [6, 6.07) is 0.483. The predicted molar refractivity (Wildman–Crippen MR) is 67.4 cm³/mol. The Hall–Kier alpha value is -0.570. The highest BCUT2D eigenvalue weighted by Gasteiger charge is 2.17. The van der Waals surface area contributed by atoms with Gasteiger partial charge in [0, 0.05) is 19.0 Å². The summed E-state index contributed by atoms with van der Waals surface area (Å²) in [7, 11) is 0. The summed E-state index contributed by atoms with van der Waals surface area (Å²) < 4.78 is 0. The van der Waals surface area contributed by atoms with E-state index in [-0.39, 0.29) is 5.91 Å². The van der Waals surface area contributed by atoms with Crippen LogP contribution < -0.4 is 5.32 Å². The van der Waals surface area contributed by atoms with Crippen LogP contribution >= 0.6 is 0 Å². The van der Waals surface area contributed by atoms with E-state index in [0.29, 0.717) is 18.4 Å². The molecule has 1 atom stereocenters. The van der Waals surface area contributed by atoms with Crippen molar-refractivity contribution in [3.05, 3.63) is 0 Å². The van der Waals surface area contributed by atoms with Crippen LogP contribution in [0.15, 0.2) is 0 Å². The van der Waals surface area contributed by atoms with Gasteiger partial charge in [-0.15, -0.1) is 0 Å². The van der Waals surface area contributed by atoms with Crippen LogP contribution in [0, 0.1) is 5.92 Å². The molecule has 1 aliphatic heterocycles. The highest BCUT2D eigenvalue weighted by Crippen LogP contribution is 2.11. The van der Waals surface area contributed by atoms with Crippen molar-refractivity contribution in [3.63, 3.8) is 0 Å². The minimum absolute atomic E-state index is 0.193. The van der Waals surface area contributed by atoms with Crippen molar-refractivity contribution in [1.82, 2.24) is 10.2 Å². The minimum Gasteiger partial charge on any atom is -0.355 e. The van der Waals surface area contributed by atoms with Crippen LogP contribution in [0.1, 0.15) is 46.5 Å². The van der Waals surface area contributed by atoms with Gasteiger partial charge in [0.05, 0.1) is 0 Å². The Bertz CT molecular complexity index is 210. The maximum Gasteiger partial charge on any atom is 0.220 e. The summed E-state index contributed by atoms with van der Waals surface area (Å²) in [5.74, 6) is 0.643. The number of nitrogens with zero attached hydrogens (tertiary/aromatic N) is 1. The minimum atomic E-state index is 0.193. The Labute approximate surface area is 99.6 Å². The van der Waals surface area contributed by atoms with E-state index in [4.69, 9.17) is 0 Å². The first-order valence-electron chi connectivity index (χ1n) is 6.60. The van der Waals surface area contributed by atoms with E-state index in [0.717, 1.165) is 6.54 Å². The van der Waals surface area contributed by atoms with Crippen LogP contribution in [-0.2, 0) is 4.79 Å². The lowest BCUT2D eigenvalue weighted by Crippen LogP contribution is -2.44. The zero-order chi connectivity index (χ0) is 12.0. The molecule has 1 aliphatic rings. The zero-order valence-corrected chi connectivity index (χ0v) is 11.0. The molecule has 0 aliphatic carbocycles. The Morgan fingerprint density at radius 1 is 1.19 bits per heavy atom. The molecule has 0 radical (unpaired) electrons. The Kier molecular flexibility index (Phi) is 5.81. The summed E-state index contributed by atoms with van der Waals surface area (Å²) >= 11 is 0. The molecule has 16 heavy (non-hydrogen) atoms. The molecule has 0 bridgehead atoms. The third kappa shape index (κ3) is 4.97. The largest absolute Gasteiger partial charge is 0.355 e. The van der Waals surface area contributed by atoms with E-state index in [1.165, 1.54) is 32.4 Å². The third-order valence-corrected chi connectivity index (χ3v) is 3.20. The molecule has 1 saturated heterocycles. The molecule has 0 spiro atoms. The molecule has 1 amide bonds. The van der Waals surface area contributed by atoms with Gasteiger partial charge < -0.3 is 5.32 Å². The average Bonchev–Trinajstić information content (AvgIpc) is 2.26. The fourth-order valence-electron chi connectivity index (χ4n) is 2.19. The lowest BCUT2D eigenvalue weighted by molar-refractivity contribution is -0.122. The maximum absolute atomic E-state index is 11.5. The van der Waals surface area contributed by atoms with E-state index in [1.807, 2.05) is 0 Å². The van der Waals surface area contributed by atoms with Gasteiger partial charge >= 0.3 is 0 Å². The van der Waals surface area contributed by atoms with Gasteiger partial charge in [-0.1, -0.05) is 20.3 Å². The van der Waals surface area contributed by atoms with Crippen molar-refractivity contribution in [2.75, 3.05) is 19.6 Å². The molecule has 0 aromatic carbocycles. The van der Waals surface area contributed by atoms with E-state index in [1.54, 1.807) is 0 Å². The quantitative estimate of drug-likeness (QED) is 0.778. The van der Waals surface area contributed by atoms with Crippen LogP contribution in [0.2, 0.25) is 0 Å². The monoisotopic (exact) mass is 226 g/mol. The number of hydrogen-bond donors (Lipinski definition) is 1.